The Morgan fingerprint density at radius 3 is 2.76 bits per heavy atom. The van der Waals surface area contributed by atoms with Crippen LogP contribution < -0.4 is 20.9 Å². The van der Waals surface area contributed by atoms with Gasteiger partial charge in [-0.3, -0.25) is 4.79 Å². The maximum Gasteiger partial charge on any atom is 0.232 e. The highest BCUT2D eigenvalue weighted by Gasteiger charge is 2.17. The fraction of sp³-hybridized carbons (Fsp3) is 0.667. The summed E-state index contributed by atoms with van der Waals surface area (Å²) in [7, 11) is 3.43. The molecule has 0 aliphatic carbocycles. The van der Waals surface area contributed by atoms with Crippen molar-refractivity contribution in [2.75, 3.05) is 62.5 Å². The van der Waals surface area contributed by atoms with Crippen LogP contribution in [0.4, 0.5) is 17.8 Å². The summed E-state index contributed by atoms with van der Waals surface area (Å²) in [5.41, 5.74) is 5.76. The van der Waals surface area contributed by atoms with Crippen molar-refractivity contribution in [3.05, 3.63) is 0 Å². The first-order valence-corrected chi connectivity index (χ1v) is 6.86. The Morgan fingerprint density at radius 2 is 2.10 bits per heavy atom. The van der Waals surface area contributed by atoms with Gasteiger partial charge in [-0.1, -0.05) is 0 Å². The molecule has 3 N–H and O–H groups in total. The van der Waals surface area contributed by atoms with Crippen LogP contribution in [0.3, 0.4) is 0 Å². The number of anilines is 3. The number of rotatable bonds is 5. The number of amides is 1. The summed E-state index contributed by atoms with van der Waals surface area (Å²) in [5, 5.41) is 2.58. The van der Waals surface area contributed by atoms with Crippen LogP contribution in [0.2, 0.25) is 0 Å². The third-order valence-corrected chi connectivity index (χ3v) is 3.22. The smallest absolute Gasteiger partial charge is 0.232 e. The van der Waals surface area contributed by atoms with Crippen LogP contribution in [0.25, 0.3) is 0 Å². The molecule has 1 saturated heterocycles. The van der Waals surface area contributed by atoms with Gasteiger partial charge in [0, 0.05) is 40.2 Å². The number of nitrogens with one attached hydrogen (secondary N) is 1. The predicted octanol–water partition coefficient (Wildman–Crippen LogP) is -1.14. The first-order valence-electron chi connectivity index (χ1n) is 6.86. The van der Waals surface area contributed by atoms with Crippen LogP contribution in [0.1, 0.15) is 6.42 Å². The van der Waals surface area contributed by atoms with Gasteiger partial charge < -0.3 is 25.6 Å². The van der Waals surface area contributed by atoms with E-state index in [1.807, 2.05) is 11.9 Å². The minimum absolute atomic E-state index is 0.0303. The molecular formula is C12H21N7O2. The number of nitrogens with two attached hydrogens (primary N) is 1. The SMILES string of the molecule is CNC(=O)CCN(C)c1nc(N)nc(N2CCOCC2)n1. The Balaban J connectivity index is 2.08. The normalized spacial score (nSPS) is 14.9. The molecule has 9 heteroatoms. The molecule has 1 aromatic rings. The van der Waals surface area contributed by atoms with E-state index in [-0.39, 0.29) is 11.9 Å². The second kappa shape index (κ2) is 7.02. The molecular weight excluding hydrogens is 274 g/mol. The van der Waals surface area contributed by atoms with Crippen LogP contribution in [0.15, 0.2) is 0 Å². The van der Waals surface area contributed by atoms with Gasteiger partial charge in [-0.05, 0) is 0 Å². The van der Waals surface area contributed by atoms with Crippen LogP contribution in [-0.4, -0.2) is 67.8 Å². The van der Waals surface area contributed by atoms with Crippen LogP contribution in [0.5, 0.6) is 0 Å². The Labute approximate surface area is 123 Å². The Bertz CT molecular complexity index is 490. The van der Waals surface area contributed by atoms with Gasteiger partial charge in [-0.2, -0.15) is 15.0 Å². The van der Waals surface area contributed by atoms with Gasteiger partial charge in [0.2, 0.25) is 23.8 Å². The Hall–Kier alpha value is -2.16. The lowest BCUT2D eigenvalue weighted by molar-refractivity contribution is -0.120. The van der Waals surface area contributed by atoms with Gasteiger partial charge in [0.15, 0.2) is 0 Å². The third-order valence-electron chi connectivity index (χ3n) is 3.22. The zero-order valence-electron chi connectivity index (χ0n) is 12.4. The lowest BCUT2D eigenvalue weighted by Crippen LogP contribution is -2.38. The zero-order chi connectivity index (χ0) is 15.2. The summed E-state index contributed by atoms with van der Waals surface area (Å²) >= 11 is 0. The van der Waals surface area contributed by atoms with E-state index in [9.17, 15) is 4.79 Å². The molecule has 1 aromatic heterocycles. The van der Waals surface area contributed by atoms with Gasteiger partial charge in [0.1, 0.15) is 0 Å². The molecule has 0 unspecified atom stereocenters. The highest BCUT2D eigenvalue weighted by Crippen LogP contribution is 2.15. The average molecular weight is 295 g/mol. The average Bonchev–Trinajstić information content (AvgIpc) is 2.52. The standard InChI is InChI=1S/C12H21N7O2/c1-14-9(20)3-4-18(2)11-15-10(13)16-12(17-11)19-5-7-21-8-6-19/h3-8H2,1-2H3,(H,14,20)(H2,13,15,16,17). The number of carbonyl (C=O) groups is 1. The Morgan fingerprint density at radius 1 is 1.38 bits per heavy atom. The molecule has 1 aliphatic heterocycles. The summed E-state index contributed by atoms with van der Waals surface area (Å²) in [6.07, 6.45) is 0.367. The van der Waals surface area contributed by atoms with Gasteiger partial charge >= 0.3 is 0 Å². The number of morpholine rings is 1. The molecule has 2 heterocycles. The van der Waals surface area contributed by atoms with E-state index in [1.165, 1.54) is 0 Å². The van der Waals surface area contributed by atoms with E-state index in [0.717, 1.165) is 13.1 Å². The van der Waals surface area contributed by atoms with Crippen molar-refractivity contribution in [2.45, 2.75) is 6.42 Å². The minimum atomic E-state index is -0.0303. The molecule has 0 radical (unpaired) electrons. The molecule has 21 heavy (non-hydrogen) atoms. The highest BCUT2D eigenvalue weighted by molar-refractivity contribution is 5.76. The fourth-order valence-electron chi connectivity index (χ4n) is 1.94. The van der Waals surface area contributed by atoms with E-state index in [2.05, 4.69) is 20.3 Å². The largest absolute Gasteiger partial charge is 0.378 e. The third kappa shape index (κ3) is 4.15. The number of ether oxygens (including phenoxy) is 1. The molecule has 0 saturated carbocycles. The maximum atomic E-state index is 11.3. The van der Waals surface area contributed by atoms with Crippen molar-refractivity contribution in [3.63, 3.8) is 0 Å². The number of hydrogen-bond donors (Lipinski definition) is 2. The molecule has 0 bridgehead atoms. The minimum Gasteiger partial charge on any atom is -0.378 e. The Kier molecular flexibility index (Phi) is 5.09. The summed E-state index contributed by atoms with van der Waals surface area (Å²) in [6, 6.07) is 0. The summed E-state index contributed by atoms with van der Waals surface area (Å²) in [6.45, 7) is 3.25. The van der Waals surface area contributed by atoms with E-state index in [1.54, 1.807) is 11.9 Å². The predicted molar refractivity (Wildman–Crippen MR) is 79.2 cm³/mol. The number of nitrogen functional groups attached to an aromatic ring is 1. The molecule has 0 spiro atoms. The second-order valence-corrected chi connectivity index (χ2v) is 4.74. The van der Waals surface area contributed by atoms with Crippen molar-refractivity contribution in [3.8, 4) is 0 Å². The first-order chi connectivity index (χ1) is 10.1. The molecule has 1 fully saturated rings. The van der Waals surface area contributed by atoms with Crippen LogP contribution >= 0.6 is 0 Å². The van der Waals surface area contributed by atoms with E-state index < -0.39 is 0 Å². The molecule has 0 atom stereocenters. The summed E-state index contributed by atoms with van der Waals surface area (Å²) in [5.74, 6) is 1.16. The summed E-state index contributed by atoms with van der Waals surface area (Å²) < 4.78 is 5.31. The van der Waals surface area contributed by atoms with Crippen molar-refractivity contribution in [1.82, 2.24) is 20.3 Å². The number of aromatic nitrogens is 3. The molecule has 0 aromatic carbocycles. The van der Waals surface area contributed by atoms with Gasteiger partial charge in [-0.25, -0.2) is 0 Å². The first kappa shape index (κ1) is 15.2. The number of carbonyl (C=O) groups excluding carboxylic acids is 1. The number of nitrogens with zero attached hydrogens (tertiary/aromatic N) is 5. The van der Waals surface area contributed by atoms with Crippen molar-refractivity contribution < 1.29 is 9.53 Å². The highest BCUT2D eigenvalue weighted by atomic mass is 16.5. The van der Waals surface area contributed by atoms with E-state index in [4.69, 9.17) is 10.5 Å². The molecule has 116 valence electrons. The fourth-order valence-corrected chi connectivity index (χ4v) is 1.94. The van der Waals surface area contributed by atoms with Crippen LogP contribution in [0, 0.1) is 0 Å². The van der Waals surface area contributed by atoms with Gasteiger partial charge in [-0.15, -0.1) is 0 Å². The molecule has 2 rings (SSSR count). The molecule has 1 aliphatic rings. The van der Waals surface area contributed by atoms with Gasteiger partial charge in [0.25, 0.3) is 0 Å². The lowest BCUT2D eigenvalue weighted by atomic mass is 10.4. The second-order valence-electron chi connectivity index (χ2n) is 4.74. The monoisotopic (exact) mass is 295 g/mol. The van der Waals surface area contributed by atoms with Crippen molar-refractivity contribution >= 4 is 23.8 Å². The topological polar surface area (TPSA) is 110 Å². The van der Waals surface area contributed by atoms with E-state index >= 15 is 0 Å². The number of hydrogen-bond acceptors (Lipinski definition) is 8. The maximum absolute atomic E-state index is 11.3. The van der Waals surface area contributed by atoms with Crippen molar-refractivity contribution in [2.24, 2.45) is 0 Å². The summed E-state index contributed by atoms with van der Waals surface area (Å²) in [4.78, 5) is 27.8. The van der Waals surface area contributed by atoms with Gasteiger partial charge in [0.05, 0.1) is 13.2 Å². The van der Waals surface area contributed by atoms with E-state index in [0.29, 0.717) is 38.1 Å². The lowest BCUT2D eigenvalue weighted by Gasteiger charge is -2.27. The zero-order valence-corrected chi connectivity index (χ0v) is 12.4. The quantitative estimate of drug-likeness (QED) is 0.702. The van der Waals surface area contributed by atoms with Crippen LogP contribution in [-0.2, 0) is 9.53 Å². The molecule has 9 nitrogen and oxygen atoms in total. The van der Waals surface area contributed by atoms with Crippen molar-refractivity contribution in [1.29, 1.82) is 0 Å². The molecule has 1 amide bonds.